The molecule has 1 aromatic heterocycles. The quantitative estimate of drug-likeness (QED) is 0.606. The fraction of sp³-hybridized carbons (Fsp3) is 0.261. The Morgan fingerprint density at radius 3 is 2.62 bits per heavy atom. The number of hydrogen-bond acceptors (Lipinski definition) is 5. The van der Waals surface area contributed by atoms with Crippen molar-refractivity contribution in [2.24, 2.45) is 0 Å². The van der Waals surface area contributed by atoms with E-state index in [0.717, 1.165) is 24.3 Å². The summed E-state index contributed by atoms with van der Waals surface area (Å²) in [5.74, 6) is 1.16. The van der Waals surface area contributed by atoms with Gasteiger partial charge in [0.1, 0.15) is 11.4 Å². The second kappa shape index (κ2) is 10.2. The Hall–Kier alpha value is -3.41. The van der Waals surface area contributed by atoms with E-state index < -0.39 is 0 Å². The SMILES string of the molecule is CCN(Cc1ccccc1)c1nccc(C(=O)NCCc2cccc(OC)c2)n1. The minimum absolute atomic E-state index is 0.202. The van der Waals surface area contributed by atoms with Gasteiger partial charge < -0.3 is 15.0 Å². The maximum absolute atomic E-state index is 12.5. The van der Waals surface area contributed by atoms with Crippen molar-refractivity contribution >= 4 is 11.9 Å². The molecule has 29 heavy (non-hydrogen) atoms. The lowest BCUT2D eigenvalue weighted by molar-refractivity contribution is 0.0949. The molecular weight excluding hydrogens is 364 g/mol. The second-order valence-corrected chi connectivity index (χ2v) is 6.60. The molecule has 0 fully saturated rings. The summed E-state index contributed by atoms with van der Waals surface area (Å²) in [5, 5.41) is 2.93. The van der Waals surface area contributed by atoms with E-state index >= 15 is 0 Å². The fourth-order valence-electron chi connectivity index (χ4n) is 2.99. The first-order chi connectivity index (χ1) is 14.2. The average Bonchev–Trinajstić information content (AvgIpc) is 2.78. The van der Waals surface area contributed by atoms with E-state index in [9.17, 15) is 4.79 Å². The van der Waals surface area contributed by atoms with E-state index in [-0.39, 0.29) is 5.91 Å². The highest BCUT2D eigenvalue weighted by Crippen LogP contribution is 2.14. The van der Waals surface area contributed by atoms with Crippen molar-refractivity contribution in [1.29, 1.82) is 0 Å². The molecule has 0 aliphatic carbocycles. The summed E-state index contributed by atoms with van der Waals surface area (Å²) < 4.78 is 5.23. The van der Waals surface area contributed by atoms with E-state index in [0.29, 0.717) is 24.7 Å². The van der Waals surface area contributed by atoms with Gasteiger partial charge in [0.15, 0.2) is 0 Å². The number of carbonyl (C=O) groups is 1. The van der Waals surface area contributed by atoms with Crippen molar-refractivity contribution < 1.29 is 9.53 Å². The number of rotatable bonds is 9. The van der Waals surface area contributed by atoms with Gasteiger partial charge in [-0.15, -0.1) is 0 Å². The molecule has 0 bridgehead atoms. The number of nitrogens with zero attached hydrogens (tertiary/aromatic N) is 3. The van der Waals surface area contributed by atoms with Gasteiger partial charge in [0.25, 0.3) is 5.91 Å². The van der Waals surface area contributed by atoms with Crippen LogP contribution in [0.1, 0.15) is 28.5 Å². The summed E-state index contributed by atoms with van der Waals surface area (Å²) in [6.07, 6.45) is 2.35. The van der Waals surface area contributed by atoms with Gasteiger partial charge in [0, 0.05) is 25.8 Å². The van der Waals surface area contributed by atoms with Crippen molar-refractivity contribution in [3.05, 3.63) is 83.7 Å². The number of amides is 1. The van der Waals surface area contributed by atoms with Crippen LogP contribution in [-0.2, 0) is 13.0 Å². The van der Waals surface area contributed by atoms with Crippen molar-refractivity contribution in [2.75, 3.05) is 25.1 Å². The highest BCUT2D eigenvalue weighted by molar-refractivity contribution is 5.92. The normalized spacial score (nSPS) is 10.4. The first-order valence-corrected chi connectivity index (χ1v) is 9.72. The Morgan fingerprint density at radius 1 is 1.07 bits per heavy atom. The number of aromatic nitrogens is 2. The van der Waals surface area contributed by atoms with Crippen molar-refractivity contribution in [2.45, 2.75) is 19.9 Å². The molecule has 2 aromatic carbocycles. The van der Waals surface area contributed by atoms with Gasteiger partial charge >= 0.3 is 0 Å². The first kappa shape index (κ1) is 20.3. The Kier molecular flexibility index (Phi) is 7.16. The van der Waals surface area contributed by atoms with Crippen LogP contribution in [0.15, 0.2) is 66.9 Å². The third-order valence-corrected chi connectivity index (χ3v) is 4.59. The summed E-state index contributed by atoms with van der Waals surface area (Å²) in [6.45, 7) is 4.01. The van der Waals surface area contributed by atoms with Crippen LogP contribution >= 0.6 is 0 Å². The predicted octanol–water partition coefficient (Wildman–Crippen LogP) is 3.48. The van der Waals surface area contributed by atoms with Crippen LogP contribution in [0.25, 0.3) is 0 Å². The Morgan fingerprint density at radius 2 is 1.86 bits per heavy atom. The van der Waals surface area contributed by atoms with Crippen LogP contribution in [0.2, 0.25) is 0 Å². The summed E-state index contributed by atoms with van der Waals surface area (Å²) in [4.78, 5) is 23.4. The third kappa shape index (κ3) is 5.78. The number of anilines is 1. The zero-order chi connectivity index (χ0) is 20.5. The molecule has 3 aromatic rings. The number of nitrogens with one attached hydrogen (secondary N) is 1. The van der Waals surface area contributed by atoms with Gasteiger partial charge in [0.05, 0.1) is 7.11 Å². The van der Waals surface area contributed by atoms with Gasteiger partial charge in [-0.2, -0.15) is 0 Å². The minimum Gasteiger partial charge on any atom is -0.497 e. The molecule has 0 saturated carbocycles. The van der Waals surface area contributed by atoms with Crippen LogP contribution < -0.4 is 15.0 Å². The molecule has 6 nitrogen and oxygen atoms in total. The lowest BCUT2D eigenvalue weighted by Crippen LogP contribution is -2.29. The topological polar surface area (TPSA) is 67.4 Å². The van der Waals surface area contributed by atoms with Crippen LogP contribution in [0.5, 0.6) is 5.75 Å². The Bertz CT molecular complexity index is 931. The van der Waals surface area contributed by atoms with E-state index in [2.05, 4.69) is 27.4 Å². The van der Waals surface area contributed by atoms with E-state index in [1.54, 1.807) is 19.4 Å². The summed E-state index contributed by atoms with van der Waals surface area (Å²) in [7, 11) is 1.64. The molecular formula is C23H26N4O2. The van der Waals surface area contributed by atoms with Crippen molar-refractivity contribution in [3.63, 3.8) is 0 Å². The highest BCUT2D eigenvalue weighted by atomic mass is 16.5. The zero-order valence-corrected chi connectivity index (χ0v) is 16.8. The predicted molar refractivity (Wildman–Crippen MR) is 114 cm³/mol. The molecule has 0 unspecified atom stereocenters. The highest BCUT2D eigenvalue weighted by Gasteiger charge is 2.13. The Labute approximate surface area is 171 Å². The van der Waals surface area contributed by atoms with Crippen molar-refractivity contribution in [3.8, 4) is 5.75 Å². The molecule has 1 N–H and O–H groups in total. The van der Waals surface area contributed by atoms with Crippen LogP contribution in [0.3, 0.4) is 0 Å². The lowest BCUT2D eigenvalue weighted by atomic mass is 10.1. The number of ether oxygens (including phenoxy) is 1. The van der Waals surface area contributed by atoms with Gasteiger partial charge in [0.2, 0.25) is 5.95 Å². The van der Waals surface area contributed by atoms with Crippen molar-refractivity contribution in [1.82, 2.24) is 15.3 Å². The molecule has 1 amide bonds. The molecule has 3 rings (SSSR count). The van der Waals surface area contributed by atoms with E-state index in [4.69, 9.17) is 4.74 Å². The first-order valence-electron chi connectivity index (χ1n) is 9.72. The minimum atomic E-state index is -0.202. The monoisotopic (exact) mass is 390 g/mol. The van der Waals surface area contributed by atoms with Gasteiger partial charge in [-0.3, -0.25) is 4.79 Å². The largest absolute Gasteiger partial charge is 0.497 e. The maximum atomic E-state index is 12.5. The Balaban J connectivity index is 1.60. The van der Waals surface area contributed by atoms with Crippen LogP contribution in [-0.4, -0.2) is 36.1 Å². The average molecular weight is 390 g/mol. The molecule has 0 spiro atoms. The number of hydrogen-bond donors (Lipinski definition) is 1. The lowest BCUT2D eigenvalue weighted by Gasteiger charge is -2.21. The van der Waals surface area contributed by atoms with Gasteiger partial charge in [-0.05, 0) is 42.7 Å². The molecule has 0 aliphatic rings. The molecule has 0 aliphatic heterocycles. The molecule has 0 saturated heterocycles. The fourth-order valence-corrected chi connectivity index (χ4v) is 2.99. The molecule has 1 heterocycles. The third-order valence-electron chi connectivity index (χ3n) is 4.59. The smallest absolute Gasteiger partial charge is 0.270 e. The molecule has 0 radical (unpaired) electrons. The number of methoxy groups -OCH3 is 1. The van der Waals surface area contributed by atoms with Gasteiger partial charge in [-0.1, -0.05) is 42.5 Å². The molecule has 0 atom stereocenters. The van der Waals surface area contributed by atoms with Crippen LogP contribution in [0, 0.1) is 0 Å². The summed E-state index contributed by atoms with van der Waals surface area (Å²) in [5.41, 5.74) is 2.64. The number of carbonyl (C=O) groups excluding carboxylic acids is 1. The standard InChI is InChI=1S/C23H26N4O2/c1-3-27(17-19-8-5-4-6-9-19)23-25-15-13-21(26-23)22(28)24-14-12-18-10-7-11-20(16-18)29-2/h4-11,13,15-16H,3,12,14,17H2,1-2H3,(H,24,28). The van der Waals surface area contributed by atoms with E-state index in [1.807, 2.05) is 54.3 Å². The second-order valence-electron chi connectivity index (χ2n) is 6.60. The maximum Gasteiger partial charge on any atom is 0.270 e. The summed E-state index contributed by atoms with van der Waals surface area (Å²) in [6, 6.07) is 19.6. The van der Waals surface area contributed by atoms with Gasteiger partial charge in [-0.25, -0.2) is 9.97 Å². The molecule has 150 valence electrons. The van der Waals surface area contributed by atoms with E-state index in [1.165, 1.54) is 5.56 Å². The molecule has 6 heteroatoms. The van der Waals surface area contributed by atoms with Crippen LogP contribution in [0.4, 0.5) is 5.95 Å². The number of benzene rings is 2. The zero-order valence-electron chi connectivity index (χ0n) is 16.8. The summed E-state index contributed by atoms with van der Waals surface area (Å²) >= 11 is 0.